The van der Waals surface area contributed by atoms with Crippen molar-refractivity contribution < 1.29 is 0 Å². The first-order valence-electron chi connectivity index (χ1n) is 7.31. The molecule has 1 aliphatic carbocycles. The lowest BCUT2D eigenvalue weighted by atomic mass is 9.99. The molecule has 0 spiro atoms. The number of piperidine rings is 1. The highest BCUT2D eigenvalue weighted by atomic mass is 32.1. The van der Waals surface area contributed by atoms with Crippen molar-refractivity contribution in [2.24, 2.45) is 5.73 Å². The van der Waals surface area contributed by atoms with E-state index in [4.69, 9.17) is 10.7 Å². The summed E-state index contributed by atoms with van der Waals surface area (Å²) in [6.07, 6.45) is 5.90. The number of nitrogens with zero attached hydrogens (tertiary/aromatic N) is 3. The van der Waals surface area contributed by atoms with Crippen LogP contribution in [0.5, 0.6) is 0 Å². The Balaban J connectivity index is 1.75. The predicted octanol–water partition coefficient (Wildman–Crippen LogP) is 2.01. The van der Waals surface area contributed by atoms with Crippen molar-refractivity contribution in [3.05, 3.63) is 10.6 Å². The Hall–Kier alpha value is -0.650. The maximum absolute atomic E-state index is 6.20. The van der Waals surface area contributed by atoms with Crippen LogP contribution in [0.25, 0.3) is 0 Å². The average molecular weight is 280 g/mol. The average Bonchev–Trinajstić information content (AvgIpc) is 2.84. The molecule has 1 unspecified atom stereocenters. The first-order valence-corrected chi connectivity index (χ1v) is 8.13. The number of fused-ring (bicyclic) bond motifs is 1. The van der Waals surface area contributed by atoms with Crippen LogP contribution in [0, 0.1) is 0 Å². The number of thiazole rings is 1. The van der Waals surface area contributed by atoms with E-state index in [2.05, 4.69) is 23.9 Å². The summed E-state index contributed by atoms with van der Waals surface area (Å²) in [5.41, 5.74) is 7.46. The zero-order valence-electron chi connectivity index (χ0n) is 11.9. The van der Waals surface area contributed by atoms with Gasteiger partial charge in [0.05, 0.1) is 5.69 Å². The molecule has 2 heterocycles. The van der Waals surface area contributed by atoms with Gasteiger partial charge in [-0.1, -0.05) is 11.3 Å². The molecule has 3 rings (SSSR count). The van der Waals surface area contributed by atoms with Gasteiger partial charge in [-0.15, -0.1) is 0 Å². The normalized spacial score (nSPS) is 25.3. The number of aromatic nitrogens is 1. The molecule has 1 aromatic rings. The molecule has 19 heavy (non-hydrogen) atoms. The van der Waals surface area contributed by atoms with E-state index < -0.39 is 0 Å². The molecular formula is C14H24N4S. The van der Waals surface area contributed by atoms with Crippen LogP contribution in [0.15, 0.2) is 0 Å². The lowest BCUT2D eigenvalue weighted by Gasteiger charge is -2.34. The van der Waals surface area contributed by atoms with Gasteiger partial charge in [0.25, 0.3) is 0 Å². The fourth-order valence-corrected chi connectivity index (χ4v) is 4.31. The van der Waals surface area contributed by atoms with Gasteiger partial charge < -0.3 is 15.5 Å². The third-order valence-corrected chi connectivity index (χ3v) is 5.84. The molecule has 0 aromatic carbocycles. The summed E-state index contributed by atoms with van der Waals surface area (Å²) >= 11 is 1.82. The molecule has 2 aliphatic rings. The molecule has 5 heteroatoms. The molecule has 4 nitrogen and oxygen atoms in total. The predicted molar refractivity (Wildman–Crippen MR) is 80.9 cm³/mol. The van der Waals surface area contributed by atoms with Crippen molar-refractivity contribution in [3.63, 3.8) is 0 Å². The molecule has 1 fully saturated rings. The van der Waals surface area contributed by atoms with E-state index in [-0.39, 0.29) is 6.04 Å². The molecule has 0 saturated carbocycles. The summed E-state index contributed by atoms with van der Waals surface area (Å²) in [6.45, 7) is 2.39. The summed E-state index contributed by atoms with van der Waals surface area (Å²) in [5, 5.41) is 1.18. The number of nitrogens with two attached hydrogens (primary N) is 1. The van der Waals surface area contributed by atoms with Gasteiger partial charge in [0.1, 0.15) is 0 Å². The van der Waals surface area contributed by atoms with Crippen LogP contribution in [0.3, 0.4) is 0 Å². The van der Waals surface area contributed by atoms with Crippen molar-refractivity contribution >= 4 is 16.5 Å². The molecule has 1 saturated heterocycles. The van der Waals surface area contributed by atoms with E-state index in [1.165, 1.54) is 48.1 Å². The fourth-order valence-electron chi connectivity index (χ4n) is 3.13. The van der Waals surface area contributed by atoms with Crippen molar-refractivity contribution in [1.29, 1.82) is 0 Å². The highest BCUT2D eigenvalue weighted by molar-refractivity contribution is 7.15. The molecular weight excluding hydrogens is 256 g/mol. The Morgan fingerprint density at radius 2 is 2.05 bits per heavy atom. The van der Waals surface area contributed by atoms with Crippen LogP contribution < -0.4 is 10.6 Å². The number of hydrogen-bond acceptors (Lipinski definition) is 5. The Labute approximate surface area is 119 Å². The Bertz CT molecular complexity index is 437. The van der Waals surface area contributed by atoms with Crippen molar-refractivity contribution in [2.75, 3.05) is 32.1 Å². The zero-order chi connectivity index (χ0) is 13.4. The molecule has 1 aliphatic heterocycles. The maximum Gasteiger partial charge on any atom is 0.185 e. The summed E-state index contributed by atoms with van der Waals surface area (Å²) in [6, 6.07) is 0.862. The van der Waals surface area contributed by atoms with Crippen LogP contribution in [-0.2, 0) is 6.42 Å². The molecule has 1 aromatic heterocycles. The second-order valence-electron chi connectivity index (χ2n) is 5.95. The van der Waals surface area contributed by atoms with Gasteiger partial charge in [-0.25, -0.2) is 4.98 Å². The molecule has 1 atom stereocenters. The monoisotopic (exact) mass is 280 g/mol. The smallest absolute Gasteiger partial charge is 0.185 e. The first-order chi connectivity index (χ1) is 9.15. The SMILES string of the molecule is CN1CCC(N(C)c2nc3c(s2)C(N)CCC3)CC1. The van der Waals surface area contributed by atoms with E-state index in [1.54, 1.807) is 0 Å². The van der Waals surface area contributed by atoms with Crippen molar-refractivity contribution in [1.82, 2.24) is 9.88 Å². The molecule has 0 radical (unpaired) electrons. The van der Waals surface area contributed by atoms with Gasteiger partial charge in [-0.05, 0) is 52.2 Å². The zero-order valence-corrected chi connectivity index (χ0v) is 12.7. The summed E-state index contributed by atoms with van der Waals surface area (Å²) in [5.74, 6) is 0. The first kappa shape index (κ1) is 13.3. The number of likely N-dealkylation sites (tertiary alicyclic amines) is 1. The largest absolute Gasteiger partial charge is 0.348 e. The molecule has 106 valence electrons. The summed E-state index contributed by atoms with van der Waals surface area (Å²) in [7, 11) is 4.41. The van der Waals surface area contributed by atoms with Gasteiger partial charge in [-0.2, -0.15) is 0 Å². The minimum atomic E-state index is 0.223. The van der Waals surface area contributed by atoms with E-state index >= 15 is 0 Å². The van der Waals surface area contributed by atoms with Gasteiger partial charge in [0.2, 0.25) is 0 Å². The fraction of sp³-hybridized carbons (Fsp3) is 0.786. The highest BCUT2D eigenvalue weighted by Crippen LogP contribution is 2.37. The summed E-state index contributed by atoms with van der Waals surface area (Å²) < 4.78 is 0. The number of rotatable bonds is 2. The second-order valence-corrected chi connectivity index (χ2v) is 6.96. The van der Waals surface area contributed by atoms with Crippen LogP contribution in [-0.4, -0.2) is 43.1 Å². The summed E-state index contributed by atoms with van der Waals surface area (Å²) in [4.78, 5) is 11.0. The van der Waals surface area contributed by atoms with Crippen molar-refractivity contribution in [2.45, 2.75) is 44.2 Å². The maximum atomic E-state index is 6.20. The van der Waals surface area contributed by atoms with Crippen molar-refractivity contribution in [3.8, 4) is 0 Å². The number of aryl methyl sites for hydroxylation is 1. The lowest BCUT2D eigenvalue weighted by molar-refractivity contribution is 0.253. The second kappa shape index (κ2) is 5.38. The Kier molecular flexibility index (Phi) is 3.78. The lowest BCUT2D eigenvalue weighted by Crippen LogP contribution is -2.41. The van der Waals surface area contributed by atoms with E-state index in [1.807, 2.05) is 11.3 Å². The molecule has 2 N–H and O–H groups in total. The topological polar surface area (TPSA) is 45.4 Å². The molecule has 0 bridgehead atoms. The van der Waals surface area contributed by atoms with E-state index in [0.717, 1.165) is 12.8 Å². The minimum Gasteiger partial charge on any atom is -0.348 e. The standard InChI is InChI=1S/C14H24N4S/c1-17-8-6-10(7-9-17)18(2)14-16-12-5-3-4-11(15)13(12)19-14/h10-11H,3-9,15H2,1-2H3. The third kappa shape index (κ3) is 2.64. The Morgan fingerprint density at radius 1 is 1.32 bits per heavy atom. The van der Waals surface area contributed by atoms with Crippen LogP contribution >= 0.6 is 11.3 Å². The van der Waals surface area contributed by atoms with Crippen LogP contribution in [0.2, 0.25) is 0 Å². The number of anilines is 1. The highest BCUT2D eigenvalue weighted by Gasteiger charge is 2.26. The number of hydrogen-bond donors (Lipinski definition) is 1. The van der Waals surface area contributed by atoms with Gasteiger partial charge in [0.15, 0.2) is 5.13 Å². The van der Waals surface area contributed by atoms with Gasteiger partial charge in [0, 0.05) is 24.0 Å². The van der Waals surface area contributed by atoms with Crippen LogP contribution in [0.1, 0.15) is 42.3 Å². The Morgan fingerprint density at radius 3 is 2.74 bits per heavy atom. The van der Waals surface area contributed by atoms with Gasteiger partial charge in [-0.3, -0.25) is 0 Å². The third-order valence-electron chi connectivity index (χ3n) is 4.52. The van der Waals surface area contributed by atoms with Gasteiger partial charge >= 0.3 is 0 Å². The quantitative estimate of drug-likeness (QED) is 0.900. The molecule has 0 amide bonds. The van der Waals surface area contributed by atoms with E-state index in [9.17, 15) is 0 Å². The van der Waals surface area contributed by atoms with E-state index in [0.29, 0.717) is 6.04 Å². The minimum absolute atomic E-state index is 0.223. The van der Waals surface area contributed by atoms with Crippen LogP contribution in [0.4, 0.5) is 5.13 Å².